The van der Waals surface area contributed by atoms with Gasteiger partial charge in [0.2, 0.25) is 0 Å². The number of carbonyl (C=O) groups excluding carboxylic acids is 1. The fourth-order valence-corrected chi connectivity index (χ4v) is 3.08. The van der Waals surface area contributed by atoms with E-state index in [1.165, 1.54) is 24.3 Å². The fraction of sp³-hybridized carbons (Fsp3) is 0.111. The molecule has 26 heavy (non-hydrogen) atoms. The summed E-state index contributed by atoms with van der Waals surface area (Å²) in [5.74, 6) is -1.30. The molecule has 0 fully saturated rings. The van der Waals surface area contributed by atoms with Gasteiger partial charge in [-0.15, -0.1) is 0 Å². The number of alkyl halides is 3. The molecule has 0 aliphatic rings. The number of aromatic carboxylic acids is 1. The van der Waals surface area contributed by atoms with Crippen LogP contribution in [0.25, 0.3) is 27.6 Å². The molecule has 0 saturated carbocycles. The Morgan fingerprint density at radius 3 is 2.38 bits per heavy atom. The van der Waals surface area contributed by atoms with Crippen molar-refractivity contribution >= 4 is 27.9 Å². The molecule has 0 amide bonds. The second kappa shape index (κ2) is 5.35. The second-order valence-corrected chi connectivity index (χ2v) is 5.94. The van der Waals surface area contributed by atoms with Gasteiger partial charge < -0.3 is 9.90 Å². The number of rotatable bonds is 2. The smallest absolute Gasteiger partial charge is 0.416 e. The molecule has 132 valence electrons. The maximum absolute atomic E-state index is 12.8. The minimum absolute atomic E-state index is 0.0211. The lowest BCUT2D eigenvalue weighted by Crippen LogP contribution is -2.21. The van der Waals surface area contributed by atoms with Gasteiger partial charge in [0.1, 0.15) is 0 Å². The molecule has 0 saturated heterocycles. The van der Waals surface area contributed by atoms with Crippen LogP contribution in [0.15, 0.2) is 48.7 Å². The van der Waals surface area contributed by atoms with E-state index in [-0.39, 0.29) is 5.56 Å². The topological polar surface area (TPSA) is 62.9 Å². The van der Waals surface area contributed by atoms with Crippen molar-refractivity contribution in [2.75, 3.05) is 0 Å². The molecule has 0 unspecified atom stereocenters. The van der Waals surface area contributed by atoms with Crippen LogP contribution >= 0.6 is 0 Å². The summed E-state index contributed by atoms with van der Waals surface area (Å²) in [5.41, 5.74) is 0.950. The molecule has 2 aromatic heterocycles. The van der Waals surface area contributed by atoms with E-state index in [1.807, 2.05) is 0 Å². The number of nitrogens with zero attached hydrogens (tertiary/aromatic N) is 3. The van der Waals surface area contributed by atoms with Crippen molar-refractivity contribution in [3.8, 4) is 5.69 Å². The molecule has 0 atom stereocenters. The third-order valence-electron chi connectivity index (χ3n) is 4.24. The Morgan fingerprint density at radius 2 is 1.77 bits per heavy atom. The third kappa shape index (κ3) is 2.42. The molecule has 0 N–H and O–H groups in total. The van der Waals surface area contributed by atoms with Crippen LogP contribution in [0.1, 0.15) is 15.9 Å². The van der Waals surface area contributed by atoms with E-state index in [9.17, 15) is 23.1 Å². The van der Waals surface area contributed by atoms with Crippen molar-refractivity contribution in [1.82, 2.24) is 14.3 Å². The van der Waals surface area contributed by atoms with Crippen LogP contribution in [0.5, 0.6) is 0 Å². The van der Waals surface area contributed by atoms with E-state index in [4.69, 9.17) is 0 Å². The lowest BCUT2D eigenvalue weighted by molar-refractivity contribution is -0.255. The molecule has 0 spiro atoms. The highest BCUT2D eigenvalue weighted by molar-refractivity contribution is 6.09. The number of aromatic nitrogens is 3. The first-order chi connectivity index (χ1) is 12.3. The first-order valence-electron chi connectivity index (χ1n) is 7.62. The molecule has 5 nitrogen and oxygen atoms in total. The number of hydrogen-bond acceptors (Lipinski definition) is 3. The van der Waals surface area contributed by atoms with Crippen molar-refractivity contribution in [3.05, 3.63) is 59.8 Å². The lowest BCUT2D eigenvalue weighted by Gasteiger charge is -2.10. The van der Waals surface area contributed by atoms with Crippen LogP contribution in [-0.4, -0.2) is 20.3 Å². The van der Waals surface area contributed by atoms with Crippen LogP contribution in [0, 0.1) is 0 Å². The zero-order valence-corrected chi connectivity index (χ0v) is 13.4. The van der Waals surface area contributed by atoms with Crippen molar-refractivity contribution in [2.24, 2.45) is 7.05 Å². The first-order valence-corrected chi connectivity index (χ1v) is 7.62. The Labute approximate surface area is 144 Å². The van der Waals surface area contributed by atoms with Crippen LogP contribution in [-0.2, 0) is 13.2 Å². The second-order valence-electron chi connectivity index (χ2n) is 5.94. The van der Waals surface area contributed by atoms with E-state index >= 15 is 0 Å². The van der Waals surface area contributed by atoms with Gasteiger partial charge in [0.05, 0.1) is 17.0 Å². The Kier molecular flexibility index (Phi) is 3.33. The van der Waals surface area contributed by atoms with Crippen LogP contribution < -0.4 is 5.11 Å². The molecule has 2 aromatic carbocycles. The number of halogens is 3. The van der Waals surface area contributed by atoms with Crippen molar-refractivity contribution in [2.45, 2.75) is 6.18 Å². The van der Waals surface area contributed by atoms with Crippen molar-refractivity contribution in [1.29, 1.82) is 0 Å². The molecule has 0 aliphatic heterocycles. The highest BCUT2D eigenvalue weighted by Crippen LogP contribution is 2.34. The van der Waals surface area contributed by atoms with Crippen LogP contribution in [0.3, 0.4) is 0 Å². The minimum Gasteiger partial charge on any atom is -0.545 e. The largest absolute Gasteiger partial charge is 0.545 e. The quantitative estimate of drug-likeness (QED) is 0.554. The average molecular weight is 358 g/mol. The van der Waals surface area contributed by atoms with E-state index in [0.29, 0.717) is 27.6 Å². The van der Waals surface area contributed by atoms with Crippen LogP contribution in [0.2, 0.25) is 0 Å². The zero-order chi connectivity index (χ0) is 18.6. The Morgan fingerprint density at radius 1 is 1.08 bits per heavy atom. The zero-order valence-electron chi connectivity index (χ0n) is 13.4. The van der Waals surface area contributed by atoms with Crippen molar-refractivity contribution in [3.63, 3.8) is 0 Å². The lowest BCUT2D eigenvalue weighted by atomic mass is 10.1. The highest BCUT2D eigenvalue weighted by atomic mass is 19.4. The van der Waals surface area contributed by atoms with Gasteiger partial charge in [0.25, 0.3) is 0 Å². The Balaban J connectivity index is 2.00. The number of carboxylic acids is 1. The summed E-state index contributed by atoms with van der Waals surface area (Å²) in [6.07, 6.45) is -2.68. The fourth-order valence-electron chi connectivity index (χ4n) is 3.08. The van der Waals surface area contributed by atoms with E-state index < -0.39 is 17.7 Å². The monoisotopic (exact) mass is 358 g/mol. The Hall–Kier alpha value is -3.29. The average Bonchev–Trinajstić information content (AvgIpc) is 3.08. The SMILES string of the molecule is Cn1cc2c3cc(C(=O)[O-])ccc3n(-c3ccc(C(F)(F)F)cc3)c2n1. The summed E-state index contributed by atoms with van der Waals surface area (Å²) in [6, 6.07) is 9.22. The normalized spacial score (nSPS) is 12.2. The molecule has 0 bridgehead atoms. The van der Waals surface area contributed by atoms with Gasteiger partial charge in [0.15, 0.2) is 5.65 Å². The predicted octanol–water partition coefficient (Wildman–Crippen LogP) is 2.90. The number of fused-ring (bicyclic) bond motifs is 3. The maximum atomic E-state index is 12.8. The van der Waals surface area contributed by atoms with Gasteiger partial charge in [0, 0.05) is 29.7 Å². The summed E-state index contributed by atoms with van der Waals surface area (Å²) in [5, 5.41) is 16.8. The summed E-state index contributed by atoms with van der Waals surface area (Å²) in [4.78, 5) is 11.1. The molecule has 4 rings (SSSR count). The van der Waals surface area contributed by atoms with Gasteiger partial charge in [-0.25, -0.2) is 0 Å². The molecular formula is C18H11F3N3O2-. The molecule has 8 heteroatoms. The van der Waals surface area contributed by atoms with E-state index in [1.54, 1.807) is 28.6 Å². The minimum atomic E-state index is -4.42. The van der Waals surface area contributed by atoms with E-state index in [2.05, 4.69) is 5.10 Å². The van der Waals surface area contributed by atoms with Gasteiger partial charge in [-0.2, -0.15) is 18.3 Å². The number of benzene rings is 2. The summed E-state index contributed by atoms with van der Waals surface area (Å²) in [7, 11) is 1.71. The molecule has 2 heterocycles. The molecular weight excluding hydrogens is 347 g/mol. The summed E-state index contributed by atoms with van der Waals surface area (Å²) < 4.78 is 41.7. The predicted molar refractivity (Wildman–Crippen MR) is 86.9 cm³/mol. The van der Waals surface area contributed by atoms with Crippen molar-refractivity contribution < 1.29 is 23.1 Å². The van der Waals surface area contributed by atoms with Gasteiger partial charge >= 0.3 is 6.18 Å². The number of carboxylic acid groups (broad SMARTS) is 1. The Bertz CT molecular complexity index is 1150. The summed E-state index contributed by atoms with van der Waals surface area (Å²) in [6.45, 7) is 0. The number of hydrogen-bond donors (Lipinski definition) is 0. The van der Waals surface area contributed by atoms with Gasteiger partial charge in [-0.05, 0) is 42.0 Å². The first kappa shape index (κ1) is 16.2. The van der Waals surface area contributed by atoms with Gasteiger partial charge in [-0.3, -0.25) is 9.25 Å². The maximum Gasteiger partial charge on any atom is 0.416 e. The molecule has 0 aliphatic carbocycles. The highest BCUT2D eigenvalue weighted by Gasteiger charge is 2.30. The molecule has 4 aromatic rings. The number of carbonyl (C=O) groups is 1. The standard InChI is InChI=1S/C18H12F3N3O2/c1-23-9-14-13-8-10(17(25)26)2-7-15(13)24(16(14)22-23)12-5-3-11(4-6-12)18(19,20)21/h2-9H,1H3,(H,25,26)/p-1. The summed E-state index contributed by atoms with van der Waals surface area (Å²) >= 11 is 0. The van der Waals surface area contributed by atoms with E-state index in [0.717, 1.165) is 12.1 Å². The number of aryl methyl sites for hydroxylation is 1. The molecule has 0 radical (unpaired) electrons. The van der Waals surface area contributed by atoms with Crippen LogP contribution in [0.4, 0.5) is 13.2 Å². The van der Waals surface area contributed by atoms with Gasteiger partial charge in [-0.1, -0.05) is 6.07 Å². The third-order valence-corrected chi connectivity index (χ3v) is 4.24.